The largest absolute Gasteiger partial charge is 0.395 e. The van der Waals surface area contributed by atoms with Gasteiger partial charge in [0.25, 0.3) is 0 Å². The molecule has 2 aliphatic rings. The quantitative estimate of drug-likeness (QED) is 0.746. The van der Waals surface area contributed by atoms with Crippen LogP contribution in [-0.2, 0) is 0 Å². The number of hydrogen-bond acceptors (Lipinski definition) is 3. The summed E-state index contributed by atoms with van der Waals surface area (Å²) in [5.41, 5.74) is 1.66. The third-order valence-corrected chi connectivity index (χ3v) is 4.55. The van der Waals surface area contributed by atoms with Crippen LogP contribution < -0.4 is 0 Å². The standard InChI is InChI=1S/C16H30N2O/c1-17(13-15-5-3-2-4-6-15)14-16-7-9-18(10-8-16)11-12-19/h5,16,19H,2-4,6-14H2,1H3. The third kappa shape index (κ3) is 5.25. The molecule has 1 heterocycles. The van der Waals surface area contributed by atoms with E-state index in [2.05, 4.69) is 22.9 Å². The molecule has 0 spiro atoms. The summed E-state index contributed by atoms with van der Waals surface area (Å²) in [5.74, 6) is 0.851. The summed E-state index contributed by atoms with van der Waals surface area (Å²) in [7, 11) is 2.27. The van der Waals surface area contributed by atoms with Gasteiger partial charge in [-0.2, -0.15) is 0 Å². The van der Waals surface area contributed by atoms with Gasteiger partial charge in [0, 0.05) is 19.6 Å². The molecule has 0 aromatic rings. The van der Waals surface area contributed by atoms with E-state index in [0.717, 1.165) is 12.5 Å². The van der Waals surface area contributed by atoms with Crippen molar-refractivity contribution in [1.29, 1.82) is 0 Å². The summed E-state index contributed by atoms with van der Waals surface area (Å²) >= 11 is 0. The van der Waals surface area contributed by atoms with Gasteiger partial charge in [0.05, 0.1) is 6.61 Å². The smallest absolute Gasteiger partial charge is 0.0558 e. The fourth-order valence-corrected chi connectivity index (χ4v) is 3.43. The molecule has 1 N–H and O–H groups in total. The number of β-amino-alcohol motifs (C(OH)–C–C–N with tert-alkyl or cyclic N) is 1. The highest BCUT2D eigenvalue weighted by atomic mass is 16.3. The molecule has 1 fully saturated rings. The second kappa shape index (κ2) is 8.03. The lowest BCUT2D eigenvalue weighted by atomic mass is 9.95. The van der Waals surface area contributed by atoms with E-state index in [-0.39, 0.29) is 0 Å². The molecule has 0 bridgehead atoms. The number of aliphatic hydroxyl groups is 1. The highest BCUT2D eigenvalue weighted by molar-refractivity contribution is 5.07. The number of aliphatic hydroxyl groups excluding tert-OH is 1. The molecule has 0 unspecified atom stereocenters. The summed E-state index contributed by atoms with van der Waals surface area (Å²) in [6.45, 7) is 5.92. The van der Waals surface area contributed by atoms with Crippen LogP contribution in [0, 0.1) is 5.92 Å². The van der Waals surface area contributed by atoms with Gasteiger partial charge in [-0.25, -0.2) is 0 Å². The van der Waals surface area contributed by atoms with Gasteiger partial charge >= 0.3 is 0 Å². The van der Waals surface area contributed by atoms with E-state index < -0.39 is 0 Å². The molecular formula is C16H30N2O. The van der Waals surface area contributed by atoms with E-state index in [4.69, 9.17) is 5.11 Å². The Morgan fingerprint density at radius 2 is 2.11 bits per heavy atom. The molecule has 19 heavy (non-hydrogen) atoms. The van der Waals surface area contributed by atoms with Crippen LogP contribution in [0.15, 0.2) is 11.6 Å². The Labute approximate surface area is 118 Å². The van der Waals surface area contributed by atoms with Gasteiger partial charge in [-0.15, -0.1) is 0 Å². The van der Waals surface area contributed by atoms with E-state index in [1.54, 1.807) is 5.57 Å². The first-order valence-electron chi connectivity index (χ1n) is 7.97. The van der Waals surface area contributed by atoms with Crippen molar-refractivity contribution in [3.63, 3.8) is 0 Å². The van der Waals surface area contributed by atoms with Crippen LogP contribution in [0.5, 0.6) is 0 Å². The molecule has 3 heteroatoms. The summed E-state index contributed by atoms with van der Waals surface area (Å²) in [6.07, 6.45) is 10.4. The van der Waals surface area contributed by atoms with Crippen molar-refractivity contribution in [2.45, 2.75) is 38.5 Å². The summed E-state index contributed by atoms with van der Waals surface area (Å²) in [4.78, 5) is 4.91. The van der Waals surface area contributed by atoms with Crippen molar-refractivity contribution in [3.05, 3.63) is 11.6 Å². The second-order valence-electron chi connectivity index (χ2n) is 6.31. The number of rotatable bonds is 6. The van der Waals surface area contributed by atoms with Crippen LogP contribution >= 0.6 is 0 Å². The Bertz CT molecular complexity index is 282. The number of nitrogens with zero attached hydrogens (tertiary/aromatic N) is 2. The first-order valence-corrected chi connectivity index (χ1v) is 7.97. The van der Waals surface area contributed by atoms with Crippen molar-refractivity contribution in [3.8, 4) is 0 Å². The molecule has 2 rings (SSSR count). The van der Waals surface area contributed by atoms with Crippen molar-refractivity contribution in [2.24, 2.45) is 5.92 Å². The highest BCUT2D eigenvalue weighted by Gasteiger charge is 2.20. The van der Waals surface area contributed by atoms with Crippen molar-refractivity contribution in [1.82, 2.24) is 9.80 Å². The monoisotopic (exact) mass is 266 g/mol. The molecular weight excluding hydrogens is 236 g/mol. The summed E-state index contributed by atoms with van der Waals surface area (Å²) < 4.78 is 0. The Kier molecular flexibility index (Phi) is 6.35. The van der Waals surface area contributed by atoms with Crippen LogP contribution in [0.1, 0.15) is 38.5 Å². The number of hydrogen-bond donors (Lipinski definition) is 1. The predicted octanol–water partition coefficient (Wildman–Crippen LogP) is 2.12. The van der Waals surface area contributed by atoms with Gasteiger partial charge in [0.1, 0.15) is 0 Å². The minimum absolute atomic E-state index is 0.304. The fraction of sp³-hybridized carbons (Fsp3) is 0.875. The zero-order valence-corrected chi connectivity index (χ0v) is 12.5. The lowest BCUT2D eigenvalue weighted by Crippen LogP contribution is -2.39. The molecule has 0 saturated carbocycles. The normalized spacial score (nSPS) is 22.8. The van der Waals surface area contributed by atoms with Gasteiger partial charge in [0.2, 0.25) is 0 Å². The van der Waals surface area contributed by atoms with E-state index in [0.29, 0.717) is 6.61 Å². The molecule has 3 nitrogen and oxygen atoms in total. The number of piperidine rings is 1. The molecule has 0 atom stereocenters. The third-order valence-electron chi connectivity index (χ3n) is 4.55. The predicted molar refractivity (Wildman–Crippen MR) is 80.3 cm³/mol. The van der Waals surface area contributed by atoms with Crippen LogP contribution in [-0.4, -0.2) is 61.3 Å². The van der Waals surface area contributed by atoms with E-state index in [1.165, 1.54) is 64.7 Å². The second-order valence-corrected chi connectivity index (χ2v) is 6.31. The Morgan fingerprint density at radius 3 is 2.74 bits per heavy atom. The zero-order chi connectivity index (χ0) is 13.5. The first-order chi connectivity index (χ1) is 9.28. The maximum absolute atomic E-state index is 8.96. The van der Waals surface area contributed by atoms with Crippen molar-refractivity contribution >= 4 is 0 Å². The van der Waals surface area contributed by atoms with Gasteiger partial charge in [-0.05, 0) is 64.6 Å². The molecule has 1 aliphatic heterocycles. The lowest BCUT2D eigenvalue weighted by Gasteiger charge is -2.33. The number of allylic oxidation sites excluding steroid dienone is 1. The Hall–Kier alpha value is -0.380. The van der Waals surface area contributed by atoms with Gasteiger partial charge in [0.15, 0.2) is 0 Å². The fourth-order valence-electron chi connectivity index (χ4n) is 3.43. The summed E-state index contributed by atoms with van der Waals surface area (Å²) in [5, 5.41) is 8.96. The number of likely N-dealkylation sites (tertiary alicyclic amines) is 1. The maximum atomic E-state index is 8.96. The van der Waals surface area contributed by atoms with Gasteiger partial charge < -0.3 is 14.9 Å². The average Bonchev–Trinajstić information content (AvgIpc) is 2.42. The maximum Gasteiger partial charge on any atom is 0.0558 e. The molecule has 0 amide bonds. The summed E-state index contributed by atoms with van der Waals surface area (Å²) in [6, 6.07) is 0. The van der Waals surface area contributed by atoms with Crippen LogP contribution in [0.4, 0.5) is 0 Å². The van der Waals surface area contributed by atoms with E-state index in [9.17, 15) is 0 Å². The molecule has 0 radical (unpaired) electrons. The molecule has 1 saturated heterocycles. The van der Waals surface area contributed by atoms with E-state index >= 15 is 0 Å². The highest BCUT2D eigenvalue weighted by Crippen LogP contribution is 2.21. The molecule has 0 aromatic carbocycles. The van der Waals surface area contributed by atoms with E-state index in [1.807, 2.05) is 0 Å². The van der Waals surface area contributed by atoms with Crippen LogP contribution in [0.25, 0.3) is 0 Å². The Balaban J connectivity index is 1.65. The van der Waals surface area contributed by atoms with Crippen molar-refractivity contribution in [2.75, 3.05) is 46.4 Å². The first kappa shape index (κ1) is 15.0. The zero-order valence-electron chi connectivity index (χ0n) is 12.5. The molecule has 0 aromatic heterocycles. The van der Waals surface area contributed by atoms with Gasteiger partial charge in [-0.3, -0.25) is 0 Å². The Morgan fingerprint density at radius 1 is 1.32 bits per heavy atom. The topological polar surface area (TPSA) is 26.7 Å². The van der Waals surface area contributed by atoms with Crippen molar-refractivity contribution < 1.29 is 5.11 Å². The van der Waals surface area contributed by atoms with Crippen LogP contribution in [0.3, 0.4) is 0 Å². The SMILES string of the molecule is CN(CC1=CCCCC1)CC1CCN(CCO)CC1. The molecule has 110 valence electrons. The van der Waals surface area contributed by atoms with Gasteiger partial charge in [-0.1, -0.05) is 11.6 Å². The minimum atomic E-state index is 0.304. The number of likely N-dealkylation sites (N-methyl/N-ethyl adjacent to an activating group) is 1. The minimum Gasteiger partial charge on any atom is -0.395 e. The van der Waals surface area contributed by atoms with Crippen LogP contribution in [0.2, 0.25) is 0 Å². The molecule has 1 aliphatic carbocycles. The average molecular weight is 266 g/mol. The lowest BCUT2D eigenvalue weighted by molar-refractivity contribution is 0.132.